The van der Waals surface area contributed by atoms with Gasteiger partial charge in [-0.2, -0.15) is 0 Å². The molecule has 0 atom stereocenters. The van der Waals surface area contributed by atoms with Crippen LogP contribution in [0.15, 0.2) is 91.0 Å². The van der Waals surface area contributed by atoms with Crippen LogP contribution in [-0.2, 0) is 9.53 Å². The summed E-state index contributed by atoms with van der Waals surface area (Å²) in [6.45, 7) is 2.73. The molecule has 0 bridgehead atoms. The van der Waals surface area contributed by atoms with Gasteiger partial charge in [-0.15, -0.1) is 0 Å². The van der Waals surface area contributed by atoms with Crippen molar-refractivity contribution in [2.24, 2.45) is 0 Å². The Bertz CT molecular complexity index is 2150. The first-order chi connectivity index (χ1) is 22.0. The number of unbranched alkanes of at least 4 members (excludes halogenated alkanes) is 2. The number of phenolic OH excluding ortho intramolecular Hbond substituents is 1. The van der Waals surface area contributed by atoms with E-state index in [2.05, 4.69) is 0 Å². The standard InChI is InChI=1S/C38H31NO6/c1-2-44-32(41)11-7-4-8-20-45-27-15-19-29-24(22-27)13-17-31-34(29)33-28-18-14-26(40)21-23(28)12-16-30(33)35-36(31)38(43)39(37(35)42)25-9-5-3-6-10-25/h3,5-6,9-10,12-19,21-22,40H,2,4,7-8,11,20H2,1H3. The van der Waals surface area contributed by atoms with Gasteiger partial charge in [0.15, 0.2) is 0 Å². The summed E-state index contributed by atoms with van der Waals surface area (Å²) < 4.78 is 11.1. The maximum absolute atomic E-state index is 14.1. The molecule has 6 aromatic carbocycles. The van der Waals surface area contributed by atoms with Crippen molar-refractivity contribution < 1.29 is 29.0 Å². The Hall–Kier alpha value is -5.43. The number of benzene rings is 6. The fraction of sp³-hybridized carbons (Fsp3) is 0.184. The van der Waals surface area contributed by atoms with Gasteiger partial charge in [-0.1, -0.05) is 54.6 Å². The highest BCUT2D eigenvalue weighted by Gasteiger charge is 2.40. The summed E-state index contributed by atoms with van der Waals surface area (Å²) in [4.78, 5) is 40.9. The molecule has 0 fully saturated rings. The van der Waals surface area contributed by atoms with Crippen LogP contribution in [0.25, 0.3) is 43.1 Å². The van der Waals surface area contributed by atoms with E-state index >= 15 is 0 Å². The fourth-order valence-corrected chi connectivity index (χ4v) is 6.48. The SMILES string of the molecule is CCOC(=O)CCCCCOc1ccc2c(ccc3c4c(c5ccc6cc(O)ccc6c5c32)C(=O)N(c2ccccc2)C4=O)c1. The molecule has 1 aliphatic rings. The number of nitrogens with zero attached hydrogens (tertiary/aromatic N) is 1. The first-order valence-corrected chi connectivity index (χ1v) is 15.3. The number of para-hydroxylation sites is 1. The number of hydrogen-bond donors (Lipinski definition) is 1. The minimum absolute atomic E-state index is 0.154. The van der Waals surface area contributed by atoms with Crippen molar-refractivity contribution >= 4 is 66.6 Å². The van der Waals surface area contributed by atoms with Gasteiger partial charge in [0.05, 0.1) is 30.0 Å². The van der Waals surface area contributed by atoms with E-state index in [1.165, 1.54) is 4.90 Å². The summed E-state index contributed by atoms with van der Waals surface area (Å²) in [7, 11) is 0. The first kappa shape index (κ1) is 28.3. The van der Waals surface area contributed by atoms with E-state index in [0.29, 0.717) is 47.2 Å². The summed E-state index contributed by atoms with van der Waals surface area (Å²) in [6.07, 6.45) is 2.86. The number of hydrogen-bond acceptors (Lipinski definition) is 6. The highest BCUT2D eigenvalue weighted by Crippen LogP contribution is 2.45. The van der Waals surface area contributed by atoms with Gasteiger partial charge >= 0.3 is 5.97 Å². The van der Waals surface area contributed by atoms with Gasteiger partial charge in [0.25, 0.3) is 11.8 Å². The van der Waals surface area contributed by atoms with Crippen molar-refractivity contribution in [2.75, 3.05) is 18.1 Å². The molecule has 0 saturated heterocycles. The lowest BCUT2D eigenvalue weighted by Crippen LogP contribution is -2.29. The number of fused-ring (bicyclic) bond motifs is 10. The molecule has 45 heavy (non-hydrogen) atoms. The fourth-order valence-electron chi connectivity index (χ4n) is 6.48. The Morgan fingerprint density at radius 1 is 0.711 bits per heavy atom. The van der Waals surface area contributed by atoms with Crippen LogP contribution in [0.4, 0.5) is 5.69 Å². The molecule has 1 heterocycles. The number of aromatic hydroxyl groups is 1. The molecule has 0 saturated carbocycles. The number of rotatable bonds is 9. The van der Waals surface area contributed by atoms with Gasteiger partial charge in [0.1, 0.15) is 11.5 Å². The number of amides is 2. The minimum Gasteiger partial charge on any atom is -0.508 e. The van der Waals surface area contributed by atoms with Gasteiger partial charge < -0.3 is 14.6 Å². The average Bonchev–Trinajstić information content (AvgIpc) is 3.32. The van der Waals surface area contributed by atoms with Crippen molar-refractivity contribution in [3.63, 3.8) is 0 Å². The molecule has 224 valence electrons. The normalized spacial score (nSPS) is 12.9. The lowest BCUT2D eigenvalue weighted by molar-refractivity contribution is -0.143. The molecular formula is C38H31NO6. The molecule has 0 aromatic heterocycles. The lowest BCUT2D eigenvalue weighted by Gasteiger charge is -2.15. The summed E-state index contributed by atoms with van der Waals surface area (Å²) in [5.41, 5.74) is 1.32. The average molecular weight is 598 g/mol. The number of carbonyl (C=O) groups excluding carboxylic acids is 3. The maximum atomic E-state index is 14.1. The molecule has 1 aliphatic heterocycles. The molecular weight excluding hydrogens is 566 g/mol. The van der Waals surface area contributed by atoms with E-state index in [0.717, 1.165) is 57.3 Å². The van der Waals surface area contributed by atoms with Crippen LogP contribution in [0, 0.1) is 0 Å². The van der Waals surface area contributed by atoms with Crippen LogP contribution >= 0.6 is 0 Å². The topological polar surface area (TPSA) is 93.1 Å². The molecule has 7 heteroatoms. The molecule has 7 nitrogen and oxygen atoms in total. The second-order valence-corrected chi connectivity index (χ2v) is 11.3. The van der Waals surface area contributed by atoms with Crippen molar-refractivity contribution in [3.05, 3.63) is 102 Å². The lowest BCUT2D eigenvalue weighted by atomic mass is 9.87. The van der Waals surface area contributed by atoms with Crippen LogP contribution in [0.5, 0.6) is 11.5 Å². The Balaban J connectivity index is 1.33. The van der Waals surface area contributed by atoms with Crippen molar-refractivity contribution in [2.45, 2.75) is 32.6 Å². The largest absolute Gasteiger partial charge is 0.508 e. The molecule has 1 N–H and O–H groups in total. The summed E-state index contributed by atoms with van der Waals surface area (Å²) in [5, 5.41) is 17.0. The Kier molecular flexibility index (Phi) is 7.29. The van der Waals surface area contributed by atoms with Crippen molar-refractivity contribution in [1.82, 2.24) is 0 Å². The summed E-state index contributed by atoms with van der Waals surface area (Å²) >= 11 is 0. The van der Waals surface area contributed by atoms with Gasteiger partial charge in [0.2, 0.25) is 0 Å². The van der Waals surface area contributed by atoms with Crippen LogP contribution in [0.1, 0.15) is 53.3 Å². The highest BCUT2D eigenvalue weighted by atomic mass is 16.5. The molecule has 6 aromatic rings. The van der Waals surface area contributed by atoms with E-state index in [-0.39, 0.29) is 23.5 Å². The molecule has 0 unspecified atom stereocenters. The smallest absolute Gasteiger partial charge is 0.305 e. The highest BCUT2D eigenvalue weighted by molar-refractivity contribution is 6.45. The van der Waals surface area contributed by atoms with E-state index in [4.69, 9.17) is 9.47 Å². The van der Waals surface area contributed by atoms with Crippen LogP contribution in [-0.4, -0.2) is 36.1 Å². The zero-order valence-corrected chi connectivity index (χ0v) is 24.8. The van der Waals surface area contributed by atoms with Crippen LogP contribution in [0.2, 0.25) is 0 Å². The predicted octanol–water partition coefficient (Wildman–Crippen LogP) is 8.31. The number of imide groups is 1. The quantitative estimate of drug-likeness (QED) is 0.0780. The van der Waals surface area contributed by atoms with E-state index in [1.54, 1.807) is 31.2 Å². The zero-order valence-electron chi connectivity index (χ0n) is 24.8. The van der Waals surface area contributed by atoms with Crippen molar-refractivity contribution in [3.8, 4) is 11.5 Å². The molecule has 2 amide bonds. The number of ether oxygens (including phenoxy) is 2. The van der Waals surface area contributed by atoms with Gasteiger partial charge in [-0.05, 0) is 106 Å². The van der Waals surface area contributed by atoms with E-state index in [1.807, 2.05) is 66.7 Å². The van der Waals surface area contributed by atoms with E-state index in [9.17, 15) is 19.5 Å². The number of esters is 1. The third-order valence-corrected chi connectivity index (χ3v) is 8.48. The van der Waals surface area contributed by atoms with Gasteiger partial charge in [-0.3, -0.25) is 14.4 Å². The van der Waals surface area contributed by atoms with Gasteiger partial charge in [0, 0.05) is 6.42 Å². The molecule has 0 aliphatic carbocycles. The zero-order chi connectivity index (χ0) is 31.1. The third-order valence-electron chi connectivity index (χ3n) is 8.48. The maximum Gasteiger partial charge on any atom is 0.305 e. The number of anilines is 1. The summed E-state index contributed by atoms with van der Waals surface area (Å²) in [5.74, 6) is 0.0237. The Morgan fingerprint density at radius 3 is 2.00 bits per heavy atom. The van der Waals surface area contributed by atoms with Gasteiger partial charge in [-0.25, -0.2) is 4.90 Å². The Labute approximate surface area is 259 Å². The third kappa shape index (κ3) is 4.90. The van der Waals surface area contributed by atoms with Crippen LogP contribution in [0.3, 0.4) is 0 Å². The molecule has 7 rings (SSSR count). The second kappa shape index (κ2) is 11.6. The summed E-state index contributed by atoms with van der Waals surface area (Å²) in [6, 6.07) is 27.8. The molecule has 0 spiro atoms. The second-order valence-electron chi connectivity index (χ2n) is 11.3. The molecule has 0 radical (unpaired) electrons. The monoisotopic (exact) mass is 597 g/mol. The van der Waals surface area contributed by atoms with Crippen LogP contribution < -0.4 is 9.64 Å². The number of carbonyl (C=O) groups is 3. The first-order valence-electron chi connectivity index (χ1n) is 15.3. The minimum atomic E-state index is -0.350. The predicted molar refractivity (Wildman–Crippen MR) is 176 cm³/mol. The Morgan fingerprint density at radius 2 is 1.33 bits per heavy atom. The van der Waals surface area contributed by atoms with E-state index < -0.39 is 0 Å². The number of phenols is 1. The van der Waals surface area contributed by atoms with Crippen molar-refractivity contribution in [1.29, 1.82) is 0 Å².